The van der Waals surface area contributed by atoms with Crippen LogP contribution in [0.25, 0.3) is 44.3 Å². The number of rotatable bonds is 2. The van der Waals surface area contributed by atoms with E-state index in [2.05, 4.69) is 134 Å². The zero-order chi connectivity index (χ0) is 26.5. The minimum Gasteiger partial charge on any atom is -0.454 e. The molecule has 3 aromatic carbocycles. The maximum atomic E-state index is 6.91. The van der Waals surface area contributed by atoms with Crippen LogP contribution < -0.4 is 4.57 Å². The van der Waals surface area contributed by atoms with Gasteiger partial charge in [-0.15, -0.1) is 0 Å². The predicted molar refractivity (Wildman–Crippen MR) is 155 cm³/mol. The molecule has 0 saturated carbocycles. The molecular weight excluding hydrogens is 450 g/mol. The van der Waals surface area contributed by atoms with E-state index in [9.17, 15) is 0 Å². The number of benzene rings is 3. The molecule has 2 aromatic heterocycles. The lowest BCUT2D eigenvalue weighted by molar-refractivity contribution is -0.660. The topological polar surface area (TPSA) is 17.0 Å². The van der Waals surface area contributed by atoms with E-state index in [4.69, 9.17) is 4.42 Å². The molecule has 0 atom stereocenters. The average molecular weight is 489 g/mol. The fourth-order valence-corrected chi connectivity index (χ4v) is 7.07. The van der Waals surface area contributed by atoms with Crippen molar-refractivity contribution >= 4 is 21.9 Å². The van der Waals surface area contributed by atoms with Gasteiger partial charge in [0.2, 0.25) is 5.69 Å². The van der Waals surface area contributed by atoms with Crippen molar-refractivity contribution in [2.75, 3.05) is 0 Å². The molecule has 0 radical (unpaired) electrons. The fraction of sp³-hybridized carbons (Fsp3) is 0.343. The van der Waals surface area contributed by atoms with Crippen LogP contribution in [-0.4, -0.2) is 0 Å². The number of pyridine rings is 1. The van der Waals surface area contributed by atoms with Crippen LogP contribution in [0.1, 0.15) is 63.8 Å². The fourth-order valence-electron chi connectivity index (χ4n) is 7.07. The summed E-state index contributed by atoms with van der Waals surface area (Å²) in [5.41, 5.74) is 12.5. The Hall–Kier alpha value is -3.39. The third-order valence-corrected chi connectivity index (χ3v) is 10.3. The van der Waals surface area contributed by atoms with Gasteiger partial charge in [0.1, 0.15) is 18.2 Å². The Bertz CT molecular complexity index is 1730. The van der Waals surface area contributed by atoms with Gasteiger partial charge in [0.05, 0.1) is 5.56 Å². The van der Waals surface area contributed by atoms with Gasteiger partial charge in [0, 0.05) is 28.5 Å². The van der Waals surface area contributed by atoms with Crippen LogP contribution >= 0.6 is 0 Å². The molecule has 2 heterocycles. The first-order chi connectivity index (χ1) is 17.4. The van der Waals surface area contributed by atoms with Gasteiger partial charge in [-0.2, -0.15) is 0 Å². The summed E-state index contributed by atoms with van der Waals surface area (Å²) in [4.78, 5) is 0. The maximum absolute atomic E-state index is 6.91. The van der Waals surface area contributed by atoms with Crippen LogP contribution in [0, 0.1) is 19.3 Å². The summed E-state index contributed by atoms with van der Waals surface area (Å²) in [5.74, 6) is 0. The molecule has 0 unspecified atom stereocenters. The SMILES string of the molecule is Cc1ccc(-c2cccc3c2oc2c(-c4cccc[n+]4C)c(C)ccc23)c2c1C(C)(C)C(C)(C)C2(C)C. The minimum atomic E-state index is 0.000899. The van der Waals surface area contributed by atoms with Crippen molar-refractivity contribution in [3.8, 4) is 22.4 Å². The van der Waals surface area contributed by atoms with E-state index in [1.54, 1.807) is 0 Å². The highest BCUT2D eigenvalue weighted by Crippen LogP contribution is 2.64. The average Bonchev–Trinajstić information content (AvgIpc) is 3.27. The molecule has 0 amide bonds. The maximum Gasteiger partial charge on any atom is 0.216 e. The highest BCUT2D eigenvalue weighted by atomic mass is 16.3. The van der Waals surface area contributed by atoms with Crippen molar-refractivity contribution in [1.82, 2.24) is 0 Å². The van der Waals surface area contributed by atoms with E-state index in [-0.39, 0.29) is 16.2 Å². The molecule has 0 N–H and O–H groups in total. The number of aryl methyl sites for hydroxylation is 3. The monoisotopic (exact) mass is 488 g/mol. The van der Waals surface area contributed by atoms with E-state index in [1.165, 1.54) is 49.7 Å². The second kappa shape index (κ2) is 7.57. The summed E-state index contributed by atoms with van der Waals surface area (Å²) in [6, 6.07) is 22.1. The van der Waals surface area contributed by atoms with Crippen LogP contribution in [0.15, 0.2) is 71.3 Å². The molecule has 6 rings (SSSR count). The number of fused-ring (bicyclic) bond motifs is 4. The van der Waals surface area contributed by atoms with Crippen LogP contribution in [0.5, 0.6) is 0 Å². The Morgan fingerprint density at radius 3 is 2.03 bits per heavy atom. The van der Waals surface area contributed by atoms with Gasteiger partial charge in [-0.25, -0.2) is 4.57 Å². The summed E-state index contributed by atoms with van der Waals surface area (Å²) in [6.07, 6.45) is 2.10. The van der Waals surface area contributed by atoms with Gasteiger partial charge in [0.25, 0.3) is 0 Å². The second-order valence-electron chi connectivity index (χ2n) is 12.7. The summed E-state index contributed by atoms with van der Waals surface area (Å²) < 4.78 is 9.08. The van der Waals surface area contributed by atoms with E-state index >= 15 is 0 Å². The smallest absolute Gasteiger partial charge is 0.216 e. The van der Waals surface area contributed by atoms with Gasteiger partial charge in [-0.3, -0.25) is 0 Å². The largest absolute Gasteiger partial charge is 0.454 e. The Balaban J connectivity index is 1.71. The lowest BCUT2D eigenvalue weighted by Crippen LogP contribution is -2.42. The molecule has 0 bridgehead atoms. The third-order valence-electron chi connectivity index (χ3n) is 10.3. The van der Waals surface area contributed by atoms with Crippen LogP contribution in [-0.2, 0) is 17.9 Å². The minimum absolute atomic E-state index is 0.000899. The number of nitrogens with zero attached hydrogens (tertiary/aromatic N) is 1. The molecule has 2 nitrogen and oxygen atoms in total. The first-order valence-electron chi connectivity index (χ1n) is 13.4. The molecule has 1 aliphatic rings. The lowest BCUT2D eigenvalue weighted by atomic mass is 9.59. The van der Waals surface area contributed by atoms with Gasteiger partial charge < -0.3 is 4.42 Å². The second-order valence-corrected chi connectivity index (χ2v) is 12.7. The third kappa shape index (κ3) is 2.96. The molecule has 188 valence electrons. The number of hydrogen-bond acceptors (Lipinski definition) is 1. The highest BCUT2D eigenvalue weighted by Gasteiger charge is 2.58. The van der Waals surface area contributed by atoms with Gasteiger partial charge in [-0.1, -0.05) is 84.0 Å². The normalized spacial score (nSPS) is 17.4. The van der Waals surface area contributed by atoms with Crippen molar-refractivity contribution in [2.45, 2.75) is 66.2 Å². The molecule has 0 saturated heterocycles. The molecule has 0 spiro atoms. The molecule has 1 aliphatic carbocycles. The van der Waals surface area contributed by atoms with Crippen molar-refractivity contribution in [2.24, 2.45) is 12.5 Å². The first kappa shape index (κ1) is 24.0. The van der Waals surface area contributed by atoms with Crippen molar-refractivity contribution in [3.63, 3.8) is 0 Å². The van der Waals surface area contributed by atoms with Crippen molar-refractivity contribution < 1.29 is 8.98 Å². The Morgan fingerprint density at radius 2 is 1.30 bits per heavy atom. The molecule has 37 heavy (non-hydrogen) atoms. The highest BCUT2D eigenvalue weighted by molar-refractivity contribution is 6.13. The Kier molecular flexibility index (Phi) is 4.90. The zero-order valence-corrected chi connectivity index (χ0v) is 23.7. The van der Waals surface area contributed by atoms with E-state index < -0.39 is 0 Å². The molecule has 5 aromatic rings. The van der Waals surface area contributed by atoms with Crippen LogP contribution in [0.4, 0.5) is 0 Å². The zero-order valence-electron chi connectivity index (χ0n) is 23.7. The predicted octanol–water partition coefficient (Wildman–Crippen LogP) is 8.96. The Morgan fingerprint density at radius 1 is 0.622 bits per heavy atom. The Labute approximate surface area is 221 Å². The summed E-state index contributed by atoms with van der Waals surface area (Å²) >= 11 is 0. The summed E-state index contributed by atoms with van der Waals surface area (Å²) in [5, 5.41) is 2.35. The van der Waals surface area contributed by atoms with E-state index in [1.807, 2.05) is 0 Å². The van der Waals surface area contributed by atoms with Crippen molar-refractivity contribution in [3.05, 3.63) is 89.1 Å². The quantitative estimate of drug-likeness (QED) is 0.227. The van der Waals surface area contributed by atoms with E-state index in [0.717, 1.165) is 16.9 Å². The number of para-hydroxylation sites is 1. The number of hydrogen-bond donors (Lipinski definition) is 0. The molecule has 0 fully saturated rings. The number of aromatic nitrogens is 1. The number of furan rings is 1. The molecule has 2 heteroatoms. The van der Waals surface area contributed by atoms with Crippen LogP contribution in [0.3, 0.4) is 0 Å². The van der Waals surface area contributed by atoms with Gasteiger partial charge in [0.15, 0.2) is 6.20 Å². The summed E-state index contributed by atoms with van der Waals surface area (Å²) in [7, 11) is 2.10. The molecular formula is C35H38NO+. The standard InChI is InChI=1S/C35H38NO/c1-21-16-19-26-25-14-12-13-24(31(25)37-32(26)28(21)27-15-10-11-20-36(27)9)23-18-17-22(2)29-30(23)34(5,6)35(7,8)33(29,3)4/h10-20H,1-9H3/q+1. The lowest BCUT2D eigenvalue weighted by Gasteiger charge is -2.45. The molecule has 0 aliphatic heterocycles. The van der Waals surface area contributed by atoms with Crippen LogP contribution in [0.2, 0.25) is 0 Å². The van der Waals surface area contributed by atoms with E-state index in [0.29, 0.717) is 0 Å². The van der Waals surface area contributed by atoms with Crippen molar-refractivity contribution in [1.29, 1.82) is 0 Å². The van der Waals surface area contributed by atoms with Gasteiger partial charge >= 0.3 is 0 Å². The first-order valence-corrected chi connectivity index (χ1v) is 13.4. The summed E-state index contributed by atoms with van der Waals surface area (Å²) in [6.45, 7) is 19.0. The van der Waals surface area contributed by atoms with Gasteiger partial charge in [-0.05, 0) is 64.0 Å².